The molecule has 0 bridgehead atoms. The van der Waals surface area contributed by atoms with Crippen molar-refractivity contribution in [3.05, 3.63) is 29.8 Å². The Morgan fingerprint density at radius 2 is 2.05 bits per heavy atom. The molecule has 1 aromatic carbocycles. The first-order chi connectivity index (χ1) is 9.00. The summed E-state index contributed by atoms with van der Waals surface area (Å²) >= 11 is 0. The first kappa shape index (κ1) is 13.4. The Hall–Kier alpha value is -2.04. The van der Waals surface area contributed by atoms with Gasteiger partial charge in [0.15, 0.2) is 0 Å². The van der Waals surface area contributed by atoms with Gasteiger partial charge in [-0.25, -0.2) is 0 Å². The van der Waals surface area contributed by atoms with Gasteiger partial charge in [-0.3, -0.25) is 9.59 Å². The third kappa shape index (κ3) is 2.70. The molecule has 0 radical (unpaired) electrons. The highest BCUT2D eigenvalue weighted by molar-refractivity contribution is 5.88. The van der Waals surface area contributed by atoms with Gasteiger partial charge in [0, 0.05) is 18.3 Å². The van der Waals surface area contributed by atoms with Crippen molar-refractivity contribution in [3.8, 4) is 0 Å². The maximum Gasteiger partial charge on any atom is 0.308 e. The second-order valence-corrected chi connectivity index (χ2v) is 4.94. The van der Waals surface area contributed by atoms with Gasteiger partial charge in [0.05, 0.1) is 11.8 Å². The average Bonchev–Trinajstić information content (AvgIpc) is 2.81. The van der Waals surface area contributed by atoms with Crippen molar-refractivity contribution in [1.82, 2.24) is 5.32 Å². The molecule has 0 saturated carbocycles. The highest BCUT2D eigenvalue weighted by atomic mass is 16.4. The molecule has 1 amide bonds. The summed E-state index contributed by atoms with van der Waals surface area (Å²) in [6, 6.07) is 7.28. The Morgan fingerprint density at radius 1 is 1.37 bits per heavy atom. The summed E-state index contributed by atoms with van der Waals surface area (Å²) in [4.78, 5) is 23.1. The van der Waals surface area contributed by atoms with Gasteiger partial charge in [-0.15, -0.1) is 0 Å². The molecule has 1 aromatic rings. The number of hydrogen-bond acceptors (Lipinski definition) is 3. The number of nitrogens with one attached hydrogen (secondary N) is 2. The highest BCUT2D eigenvalue weighted by Crippen LogP contribution is 2.31. The number of hydrogen-bond donors (Lipinski definition) is 3. The standard InChI is InChI=1S/C14H18N2O3/c1-8(14(18)19)9(2)16-13(17)11-7-15-12-6-4-3-5-10(11)12/h3-6,8-9,11,15H,7H2,1-2H3,(H,16,17)(H,18,19). The second-order valence-electron chi connectivity index (χ2n) is 4.94. The van der Waals surface area contributed by atoms with Gasteiger partial charge in [-0.1, -0.05) is 18.2 Å². The van der Waals surface area contributed by atoms with Gasteiger partial charge in [0.2, 0.25) is 5.91 Å². The van der Waals surface area contributed by atoms with Gasteiger partial charge >= 0.3 is 5.97 Å². The van der Waals surface area contributed by atoms with Crippen molar-refractivity contribution in [2.24, 2.45) is 5.92 Å². The van der Waals surface area contributed by atoms with Crippen LogP contribution in [0.15, 0.2) is 24.3 Å². The topological polar surface area (TPSA) is 78.4 Å². The fourth-order valence-electron chi connectivity index (χ4n) is 2.18. The number of benzene rings is 1. The van der Waals surface area contributed by atoms with Crippen LogP contribution in [0.25, 0.3) is 0 Å². The molecule has 5 nitrogen and oxygen atoms in total. The number of carboxylic acid groups (broad SMARTS) is 1. The maximum absolute atomic E-state index is 12.2. The predicted molar refractivity (Wildman–Crippen MR) is 72.1 cm³/mol. The normalized spacial score (nSPS) is 20.0. The SMILES string of the molecule is CC(NC(=O)C1CNc2ccccc21)C(C)C(=O)O. The van der Waals surface area contributed by atoms with Crippen LogP contribution in [0.3, 0.4) is 0 Å². The van der Waals surface area contributed by atoms with Crippen LogP contribution in [-0.2, 0) is 9.59 Å². The van der Waals surface area contributed by atoms with E-state index in [1.165, 1.54) is 0 Å². The van der Waals surface area contributed by atoms with Crippen LogP contribution in [-0.4, -0.2) is 29.6 Å². The lowest BCUT2D eigenvalue weighted by Gasteiger charge is -2.20. The summed E-state index contributed by atoms with van der Waals surface area (Å²) in [7, 11) is 0. The van der Waals surface area contributed by atoms with E-state index in [2.05, 4.69) is 10.6 Å². The second kappa shape index (κ2) is 5.30. The predicted octanol–water partition coefficient (Wildman–Crippen LogP) is 1.42. The number of aliphatic carboxylic acids is 1. The fourth-order valence-corrected chi connectivity index (χ4v) is 2.18. The largest absolute Gasteiger partial charge is 0.481 e. The molecule has 0 fully saturated rings. The zero-order valence-electron chi connectivity index (χ0n) is 11.0. The van der Waals surface area contributed by atoms with Crippen LogP contribution in [0.4, 0.5) is 5.69 Å². The monoisotopic (exact) mass is 262 g/mol. The molecule has 0 spiro atoms. The van der Waals surface area contributed by atoms with Crippen molar-refractivity contribution in [2.45, 2.75) is 25.8 Å². The first-order valence-electron chi connectivity index (χ1n) is 6.36. The summed E-state index contributed by atoms with van der Waals surface area (Å²) in [5.74, 6) is -1.89. The number of para-hydroxylation sites is 1. The first-order valence-corrected chi connectivity index (χ1v) is 6.36. The molecule has 0 aromatic heterocycles. The fraction of sp³-hybridized carbons (Fsp3) is 0.429. The van der Waals surface area contributed by atoms with E-state index in [1.807, 2.05) is 24.3 Å². The Labute approximate surface area is 112 Å². The van der Waals surface area contributed by atoms with E-state index in [4.69, 9.17) is 5.11 Å². The van der Waals surface area contributed by atoms with Crippen molar-refractivity contribution in [1.29, 1.82) is 0 Å². The number of amides is 1. The van der Waals surface area contributed by atoms with E-state index in [0.717, 1.165) is 11.3 Å². The van der Waals surface area contributed by atoms with E-state index < -0.39 is 17.9 Å². The molecule has 3 unspecified atom stereocenters. The molecule has 1 aliphatic heterocycles. The Morgan fingerprint density at radius 3 is 2.74 bits per heavy atom. The third-order valence-electron chi connectivity index (χ3n) is 3.66. The lowest BCUT2D eigenvalue weighted by Crippen LogP contribution is -2.42. The molecule has 3 N–H and O–H groups in total. The van der Waals surface area contributed by atoms with Gasteiger partial charge in [0.25, 0.3) is 0 Å². The lowest BCUT2D eigenvalue weighted by atomic mass is 9.98. The van der Waals surface area contributed by atoms with Crippen LogP contribution in [0, 0.1) is 5.92 Å². The van der Waals surface area contributed by atoms with Crippen LogP contribution in [0.1, 0.15) is 25.3 Å². The third-order valence-corrected chi connectivity index (χ3v) is 3.66. The Kier molecular flexibility index (Phi) is 3.74. The summed E-state index contributed by atoms with van der Waals surface area (Å²) in [6.45, 7) is 3.86. The molecular formula is C14H18N2O3. The zero-order valence-corrected chi connectivity index (χ0v) is 11.0. The summed E-state index contributed by atoms with van der Waals surface area (Å²) in [5.41, 5.74) is 1.94. The van der Waals surface area contributed by atoms with Crippen LogP contribution in [0.5, 0.6) is 0 Å². The zero-order chi connectivity index (χ0) is 14.0. The van der Waals surface area contributed by atoms with Gasteiger partial charge in [-0.05, 0) is 25.5 Å². The summed E-state index contributed by atoms with van der Waals surface area (Å²) < 4.78 is 0. The molecule has 102 valence electrons. The Bertz CT molecular complexity index is 501. The minimum absolute atomic E-state index is 0.127. The Balaban J connectivity index is 2.04. The van der Waals surface area contributed by atoms with E-state index in [-0.39, 0.29) is 11.8 Å². The average molecular weight is 262 g/mol. The number of carboxylic acids is 1. The van der Waals surface area contributed by atoms with Crippen LogP contribution < -0.4 is 10.6 Å². The summed E-state index contributed by atoms with van der Waals surface area (Å²) in [5, 5.41) is 14.9. The van der Waals surface area contributed by atoms with Crippen molar-refractivity contribution in [2.75, 3.05) is 11.9 Å². The smallest absolute Gasteiger partial charge is 0.308 e. The molecule has 19 heavy (non-hydrogen) atoms. The molecule has 0 saturated heterocycles. The van der Waals surface area contributed by atoms with Crippen molar-refractivity contribution >= 4 is 17.6 Å². The van der Waals surface area contributed by atoms with E-state index in [9.17, 15) is 9.59 Å². The number of rotatable bonds is 4. The maximum atomic E-state index is 12.2. The number of carbonyl (C=O) groups excluding carboxylic acids is 1. The van der Waals surface area contributed by atoms with Gasteiger partial charge in [0.1, 0.15) is 0 Å². The molecule has 5 heteroatoms. The number of fused-ring (bicyclic) bond motifs is 1. The van der Waals surface area contributed by atoms with Crippen LogP contribution in [0.2, 0.25) is 0 Å². The molecule has 0 aliphatic carbocycles. The minimum atomic E-state index is -0.905. The summed E-state index contributed by atoms with van der Waals surface area (Å²) in [6.07, 6.45) is 0. The number of carbonyl (C=O) groups is 2. The van der Waals surface area contributed by atoms with Crippen LogP contribution >= 0.6 is 0 Å². The lowest BCUT2D eigenvalue weighted by molar-refractivity contribution is -0.142. The van der Waals surface area contributed by atoms with E-state index in [0.29, 0.717) is 6.54 Å². The van der Waals surface area contributed by atoms with E-state index in [1.54, 1.807) is 13.8 Å². The van der Waals surface area contributed by atoms with Gasteiger partial charge in [-0.2, -0.15) is 0 Å². The van der Waals surface area contributed by atoms with Gasteiger partial charge < -0.3 is 15.7 Å². The molecule has 2 rings (SSSR count). The molecule has 1 heterocycles. The number of anilines is 1. The molecule has 1 aliphatic rings. The quantitative estimate of drug-likeness (QED) is 0.767. The minimum Gasteiger partial charge on any atom is -0.481 e. The van der Waals surface area contributed by atoms with E-state index >= 15 is 0 Å². The molecular weight excluding hydrogens is 244 g/mol. The molecule has 3 atom stereocenters. The van der Waals surface area contributed by atoms with Crippen molar-refractivity contribution in [3.63, 3.8) is 0 Å². The van der Waals surface area contributed by atoms with Crippen molar-refractivity contribution < 1.29 is 14.7 Å². The highest BCUT2D eigenvalue weighted by Gasteiger charge is 2.30.